The Morgan fingerprint density at radius 1 is 0.720 bits per heavy atom. The summed E-state index contributed by atoms with van der Waals surface area (Å²) in [6.07, 6.45) is 8.92. The highest BCUT2D eigenvalue weighted by atomic mass is 16.5. The molecule has 0 aromatic heterocycles. The van der Waals surface area contributed by atoms with Crippen LogP contribution in [0.2, 0.25) is 0 Å². The van der Waals surface area contributed by atoms with E-state index in [2.05, 4.69) is 130 Å². The molecule has 50 heavy (non-hydrogen) atoms. The first kappa shape index (κ1) is 31.3. The third-order valence-electron chi connectivity index (χ3n) is 11.8. The predicted octanol–water partition coefficient (Wildman–Crippen LogP) is 10.3. The zero-order valence-corrected chi connectivity index (χ0v) is 29.6. The van der Waals surface area contributed by atoms with Gasteiger partial charge in [0.2, 0.25) is 0 Å². The summed E-state index contributed by atoms with van der Waals surface area (Å²) in [6, 6.07) is 34.7. The number of morpholine rings is 1. The first-order valence-electron chi connectivity index (χ1n) is 18.2. The van der Waals surface area contributed by atoms with Gasteiger partial charge in [-0.1, -0.05) is 113 Å². The zero-order valence-electron chi connectivity index (χ0n) is 29.6. The van der Waals surface area contributed by atoms with Crippen LogP contribution in [0.1, 0.15) is 85.1 Å². The molecule has 2 heterocycles. The van der Waals surface area contributed by atoms with Gasteiger partial charge in [0.25, 0.3) is 0 Å². The summed E-state index contributed by atoms with van der Waals surface area (Å²) < 4.78 is 13.2. The van der Waals surface area contributed by atoms with Crippen molar-refractivity contribution < 1.29 is 14.3 Å². The molecule has 4 nitrogen and oxygen atoms in total. The van der Waals surface area contributed by atoms with Gasteiger partial charge in [0.05, 0.1) is 13.2 Å². The van der Waals surface area contributed by atoms with Crippen LogP contribution in [0.5, 0.6) is 5.75 Å². The molecule has 9 rings (SSSR count). The van der Waals surface area contributed by atoms with Gasteiger partial charge in [-0.3, -0.25) is 4.79 Å². The highest BCUT2D eigenvalue weighted by molar-refractivity contribution is 6.09. The van der Waals surface area contributed by atoms with Crippen LogP contribution in [0.4, 0.5) is 5.69 Å². The first-order valence-corrected chi connectivity index (χ1v) is 18.2. The molecule has 4 heteroatoms. The summed E-state index contributed by atoms with van der Waals surface area (Å²) in [5.41, 5.74) is 9.84. The van der Waals surface area contributed by atoms with E-state index in [0.29, 0.717) is 5.56 Å². The monoisotopic (exact) mass is 659 g/mol. The van der Waals surface area contributed by atoms with E-state index in [4.69, 9.17) is 9.47 Å². The quantitative estimate of drug-likeness (QED) is 0.180. The Morgan fingerprint density at radius 2 is 1.40 bits per heavy atom. The van der Waals surface area contributed by atoms with E-state index in [-0.39, 0.29) is 16.2 Å². The number of nitrogens with zero attached hydrogens (tertiary/aromatic N) is 1. The largest absolute Gasteiger partial charge is 0.472 e. The van der Waals surface area contributed by atoms with Crippen molar-refractivity contribution in [2.75, 3.05) is 31.2 Å². The number of carbonyl (C=O) groups excluding carboxylic acids is 1. The van der Waals surface area contributed by atoms with Crippen molar-refractivity contribution in [1.29, 1.82) is 0 Å². The van der Waals surface area contributed by atoms with Gasteiger partial charge < -0.3 is 14.4 Å². The predicted molar refractivity (Wildman–Crippen MR) is 203 cm³/mol. The van der Waals surface area contributed by atoms with E-state index in [1.165, 1.54) is 34.4 Å². The number of ether oxygens (including phenoxy) is 2. The van der Waals surface area contributed by atoms with E-state index in [9.17, 15) is 4.79 Å². The van der Waals surface area contributed by atoms with Crippen LogP contribution in [0, 0.1) is 10.8 Å². The van der Waals surface area contributed by atoms with Crippen LogP contribution >= 0.6 is 0 Å². The number of hydrogen-bond donors (Lipinski definition) is 0. The van der Waals surface area contributed by atoms with Gasteiger partial charge in [0, 0.05) is 51.8 Å². The van der Waals surface area contributed by atoms with Crippen molar-refractivity contribution >= 4 is 28.8 Å². The molecule has 252 valence electrons. The number of anilines is 1. The Bertz CT molecular complexity index is 2160. The van der Waals surface area contributed by atoms with Crippen LogP contribution in [0.25, 0.3) is 28.0 Å². The summed E-state index contributed by atoms with van der Waals surface area (Å²) in [6.45, 7) is 13.1. The number of carbonyl (C=O) groups is 1. The highest BCUT2D eigenvalue weighted by Crippen LogP contribution is 2.66. The Hall–Kier alpha value is -4.67. The lowest BCUT2D eigenvalue weighted by Crippen LogP contribution is -2.44. The summed E-state index contributed by atoms with van der Waals surface area (Å²) in [5.74, 6) is 0.861. The van der Waals surface area contributed by atoms with E-state index in [1.807, 2.05) is 12.1 Å². The Morgan fingerprint density at radius 3 is 2.12 bits per heavy atom. The standard InChI is InChI=1S/C46H45NO3/c1-43(2)28-44(3,4)30-45(29-43)39-13-9-8-12-36(39)40-35-19-14-31(27-48)26-38(35)42-37(41(40)45)20-21-46(50-42,32-10-6-5-7-11-32)33-15-17-34(18-16-33)47-22-24-49-25-23-47/h5-21,26-27H,22-25,28-30H2,1-4H3. The molecular weight excluding hydrogens is 615 g/mol. The molecule has 1 atom stereocenters. The maximum Gasteiger partial charge on any atom is 0.178 e. The molecule has 0 N–H and O–H groups in total. The molecule has 2 fully saturated rings. The third kappa shape index (κ3) is 4.71. The highest BCUT2D eigenvalue weighted by Gasteiger charge is 2.55. The van der Waals surface area contributed by atoms with Crippen molar-refractivity contribution in [3.8, 4) is 16.9 Å². The fourth-order valence-corrected chi connectivity index (χ4v) is 10.7. The van der Waals surface area contributed by atoms with E-state index in [1.54, 1.807) is 0 Å². The molecule has 0 radical (unpaired) electrons. The minimum atomic E-state index is -0.861. The second kappa shape index (κ2) is 11.2. The minimum absolute atomic E-state index is 0.148. The molecule has 2 aliphatic heterocycles. The lowest BCUT2D eigenvalue weighted by Gasteiger charge is -2.52. The molecule has 1 unspecified atom stereocenters. The van der Waals surface area contributed by atoms with Crippen LogP contribution in [-0.2, 0) is 15.8 Å². The second-order valence-electron chi connectivity index (χ2n) is 16.6. The fourth-order valence-electron chi connectivity index (χ4n) is 10.7. The molecule has 5 aromatic rings. The molecule has 1 saturated heterocycles. The Kier molecular flexibility index (Phi) is 7.00. The maximum atomic E-state index is 12.3. The molecule has 0 bridgehead atoms. The Labute approximate surface area is 295 Å². The number of hydrogen-bond acceptors (Lipinski definition) is 4. The van der Waals surface area contributed by atoms with Crippen LogP contribution in [-0.4, -0.2) is 32.6 Å². The number of benzene rings is 5. The SMILES string of the molecule is CC1(C)CC(C)(C)CC2(C1)c1ccccc1-c1c2c2c(c3cc(C=O)ccc13)OC(c1ccccc1)(c1ccc(N3CCOCC3)cc1)C=C2. The zero-order chi connectivity index (χ0) is 34.3. The third-order valence-corrected chi connectivity index (χ3v) is 11.8. The van der Waals surface area contributed by atoms with Crippen molar-refractivity contribution in [2.24, 2.45) is 10.8 Å². The second-order valence-corrected chi connectivity index (χ2v) is 16.6. The van der Waals surface area contributed by atoms with Crippen LogP contribution in [0.3, 0.4) is 0 Å². The summed E-state index contributed by atoms with van der Waals surface area (Å²) in [4.78, 5) is 14.7. The van der Waals surface area contributed by atoms with Gasteiger partial charge in [-0.05, 0) is 82.0 Å². The average Bonchev–Trinajstić information content (AvgIpc) is 3.39. The van der Waals surface area contributed by atoms with Gasteiger partial charge in [-0.15, -0.1) is 0 Å². The van der Waals surface area contributed by atoms with Gasteiger partial charge in [0.1, 0.15) is 12.0 Å². The molecule has 5 aromatic carbocycles. The summed E-state index contributed by atoms with van der Waals surface area (Å²) >= 11 is 0. The smallest absolute Gasteiger partial charge is 0.178 e. The topological polar surface area (TPSA) is 38.8 Å². The number of rotatable bonds is 4. The van der Waals surface area contributed by atoms with E-state index < -0.39 is 5.60 Å². The van der Waals surface area contributed by atoms with Crippen molar-refractivity contribution in [2.45, 2.75) is 58.0 Å². The molecule has 4 aliphatic rings. The lowest BCUT2D eigenvalue weighted by molar-refractivity contribution is 0.0641. The van der Waals surface area contributed by atoms with Gasteiger partial charge in [-0.2, -0.15) is 0 Å². The van der Waals surface area contributed by atoms with Crippen molar-refractivity contribution in [3.63, 3.8) is 0 Å². The summed E-state index contributed by atoms with van der Waals surface area (Å²) in [5, 5.41) is 2.13. The minimum Gasteiger partial charge on any atom is -0.472 e. The maximum absolute atomic E-state index is 12.3. The van der Waals surface area contributed by atoms with Crippen molar-refractivity contribution in [3.05, 3.63) is 137 Å². The van der Waals surface area contributed by atoms with Gasteiger partial charge in [0.15, 0.2) is 5.60 Å². The Balaban J connectivity index is 1.32. The van der Waals surface area contributed by atoms with Gasteiger partial charge >= 0.3 is 0 Å². The average molecular weight is 660 g/mol. The van der Waals surface area contributed by atoms with Gasteiger partial charge in [-0.25, -0.2) is 0 Å². The molecule has 0 amide bonds. The first-order chi connectivity index (χ1) is 24.1. The number of fused-ring (bicyclic) bond motifs is 10. The molecule has 1 saturated carbocycles. The van der Waals surface area contributed by atoms with E-state index in [0.717, 1.165) is 78.6 Å². The van der Waals surface area contributed by atoms with Crippen LogP contribution in [0.15, 0.2) is 103 Å². The van der Waals surface area contributed by atoms with Crippen molar-refractivity contribution in [1.82, 2.24) is 0 Å². The van der Waals surface area contributed by atoms with Crippen LogP contribution < -0.4 is 9.64 Å². The molecule has 1 spiro atoms. The lowest BCUT2D eigenvalue weighted by atomic mass is 9.52. The normalized spacial score (nSPS) is 22.4. The molecular formula is C46H45NO3. The number of aldehydes is 1. The molecule has 2 aliphatic carbocycles. The fraction of sp³-hybridized carbons (Fsp3) is 0.326. The van der Waals surface area contributed by atoms with E-state index >= 15 is 0 Å². The summed E-state index contributed by atoms with van der Waals surface area (Å²) in [7, 11) is 0.